The summed E-state index contributed by atoms with van der Waals surface area (Å²) in [7, 11) is -3.90. The molecule has 2 rings (SSSR count). The SMILES string of the molecule is O=S(=O)(Oc1ccccc1/C=N\O)c1ccccc1. The van der Waals surface area contributed by atoms with E-state index in [1.807, 2.05) is 0 Å². The molecule has 5 nitrogen and oxygen atoms in total. The van der Waals surface area contributed by atoms with Crippen LogP contribution in [0.25, 0.3) is 0 Å². The molecule has 0 unspecified atom stereocenters. The topological polar surface area (TPSA) is 76.0 Å². The molecule has 0 aliphatic carbocycles. The average Bonchev–Trinajstić information content (AvgIpc) is 2.42. The summed E-state index contributed by atoms with van der Waals surface area (Å²) in [4.78, 5) is 0.0609. The fourth-order valence-electron chi connectivity index (χ4n) is 1.48. The van der Waals surface area contributed by atoms with Gasteiger partial charge in [0.05, 0.1) is 6.21 Å². The molecule has 1 N–H and O–H groups in total. The summed E-state index contributed by atoms with van der Waals surface area (Å²) in [5.74, 6) is 0.101. The lowest BCUT2D eigenvalue weighted by atomic mass is 10.2. The van der Waals surface area contributed by atoms with Gasteiger partial charge >= 0.3 is 10.1 Å². The van der Waals surface area contributed by atoms with Gasteiger partial charge in [-0.25, -0.2) is 0 Å². The van der Waals surface area contributed by atoms with Crippen molar-refractivity contribution in [2.45, 2.75) is 4.90 Å². The monoisotopic (exact) mass is 277 g/mol. The molecular weight excluding hydrogens is 266 g/mol. The highest BCUT2D eigenvalue weighted by Gasteiger charge is 2.17. The lowest BCUT2D eigenvalue weighted by molar-refractivity contribution is 0.321. The Bertz CT molecular complexity index is 681. The van der Waals surface area contributed by atoms with Crippen LogP contribution in [-0.2, 0) is 10.1 Å². The molecule has 0 fully saturated rings. The molecule has 0 radical (unpaired) electrons. The third kappa shape index (κ3) is 3.11. The standard InChI is InChI=1S/C13H11NO4S/c15-14-10-11-6-4-5-9-13(11)18-19(16,17)12-7-2-1-3-8-12/h1-10,15H/b14-10-. The van der Waals surface area contributed by atoms with Gasteiger partial charge in [-0.3, -0.25) is 0 Å². The lowest BCUT2D eigenvalue weighted by Crippen LogP contribution is -2.10. The van der Waals surface area contributed by atoms with Gasteiger partial charge in [-0.1, -0.05) is 35.5 Å². The van der Waals surface area contributed by atoms with Crippen LogP contribution in [0.3, 0.4) is 0 Å². The third-order valence-electron chi connectivity index (χ3n) is 2.35. The maximum absolute atomic E-state index is 12.0. The molecule has 0 heterocycles. The summed E-state index contributed by atoms with van der Waals surface area (Å²) >= 11 is 0. The van der Waals surface area contributed by atoms with Crippen molar-refractivity contribution in [3.05, 3.63) is 60.2 Å². The Balaban J connectivity index is 2.36. The van der Waals surface area contributed by atoms with Gasteiger partial charge in [-0.15, -0.1) is 0 Å². The van der Waals surface area contributed by atoms with Crippen molar-refractivity contribution in [2.75, 3.05) is 0 Å². The van der Waals surface area contributed by atoms with Gasteiger partial charge in [0.15, 0.2) is 5.75 Å². The third-order valence-corrected chi connectivity index (χ3v) is 3.60. The van der Waals surface area contributed by atoms with Gasteiger partial charge in [0, 0.05) is 5.56 Å². The molecule has 19 heavy (non-hydrogen) atoms. The summed E-state index contributed by atoms with van der Waals surface area (Å²) in [6.07, 6.45) is 1.11. The zero-order chi connectivity index (χ0) is 13.7. The summed E-state index contributed by atoms with van der Waals surface area (Å²) < 4.78 is 29.1. The normalized spacial score (nSPS) is 11.6. The van der Waals surface area contributed by atoms with Crippen LogP contribution in [0.15, 0.2) is 64.6 Å². The van der Waals surface area contributed by atoms with E-state index in [4.69, 9.17) is 9.39 Å². The van der Waals surface area contributed by atoms with E-state index in [2.05, 4.69) is 5.16 Å². The molecule has 0 aliphatic rings. The van der Waals surface area contributed by atoms with Gasteiger partial charge in [0.1, 0.15) is 4.90 Å². The molecule has 0 saturated carbocycles. The second-order valence-electron chi connectivity index (χ2n) is 3.63. The highest BCUT2D eigenvalue weighted by atomic mass is 32.2. The van der Waals surface area contributed by atoms with Crippen molar-refractivity contribution in [2.24, 2.45) is 5.16 Å². The first-order chi connectivity index (χ1) is 9.13. The predicted octanol–water partition coefficient (Wildman–Crippen LogP) is 2.26. The molecule has 0 bridgehead atoms. The fourth-order valence-corrected chi connectivity index (χ4v) is 2.45. The predicted molar refractivity (Wildman–Crippen MR) is 70.1 cm³/mol. The molecule has 6 heteroatoms. The van der Waals surface area contributed by atoms with Crippen molar-refractivity contribution < 1.29 is 17.8 Å². The van der Waals surface area contributed by atoms with E-state index in [0.29, 0.717) is 5.56 Å². The number of hydrogen-bond donors (Lipinski definition) is 1. The molecule has 0 aliphatic heterocycles. The number of rotatable bonds is 4. The summed E-state index contributed by atoms with van der Waals surface area (Å²) in [6.45, 7) is 0. The van der Waals surface area contributed by atoms with E-state index >= 15 is 0 Å². The second kappa shape index (κ2) is 5.53. The van der Waals surface area contributed by atoms with Crippen LogP contribution in [0.4, 0.5) is 0 Å². The highest BCUT2D eigenvalue weighted by Crippen LogP contribution is 2.21. The quantitative estimate of drug-likeness (QED) is 0.402. The maximum Gasteiger partial charge on any atom is 0.339 e. The van der Waals surface area contributed by atoms with Crippen LogP contribution in [0, 0.1) is 0 Å². The zero-order valence-electron chi connectivity index (χ0n) is 9.80. The van der Waals surface area contributed by atoms with Crippen molar-refractivity contribution >= 4 is 16.3 Å². The van der Waals surface area contributed by atoms with Gasteiger partial charge in [-0.2, -0.15) is 8.42 Å². The van der Waals surface area contributed by atoms with Crippen molar-refractivity contribution in [1.82, 2.24) is 0 Å². The fraction of sp³-hybridized carbons (Fsp3) is 0. The Morgan fingerprint density at radius 2 is 1.63 bits per heavy atom. The Morgan fingerprint density at radius 1 is 1.00 bits per heavy atom. The van der Waals surface area contributed by atoms with Crippen LogP contribution in [0.1, 0.15) is 5.56 Å². The van der Waals surface area contributed by atoms with E-state index in [9.17, 15) is 8.42 Å². The van der Waals surface area contributed by atoms with E-state index < -0.39 is 10.1 Å². The Morgan fingerprint density at radius 3 is 2.32 bits per heavy atom. The Hall–Kier alpha value is -2.34. The highest BCUT2D eigenvalue weighted by molar-refractivity contribution is 7.87. The Labute approximate surface area is 110 Å². The van der Waals surface area contributed by atoms with Crippen LogP contribution in [-0.4, -0.2) is 19.8 Å². The number of oxime groups is 1. The Kier molecular flexibility index (Phi) is 3.82. The molecule has 0 saturated heterocycles. The molecule has 0 aromatic heterocycles. The number of benzene rings is 2. The largest absolute Gasteiger partial charge is 0.411 e. The zero-order valence-corrected chi connectivity index (χ0v) is 10.6. The van der Waals surface area contributed by atoms with Crippen LogP contribution < -0.4 is 4.18 Å². The molecule has 2 aromatic rings. The van der Waals surface area contributed by atoms with Gasteiger partial charge < -0.3 is 9.39 Å². The van der Waals surface area contributed by atoms with E-state index in [-0.39, 0.29) is 10.6 Å². The van der Waals surface area contributed by atoms with Gasteiger partial charge in [0.2, 0.25) is 0 Å². The minimum atomic E-state index is -3.90. The van der Waals surface area contributed by atoms with Crippen molar-refractivity contribution in [3.8, 4) is 5.75 Å². The van der Waals surface area contributed by atoms with Gasteiger partial charge in [0.25, 0.3) is 0 Å². The molecule has 98 valence electrons. The first-order valence-corrected chi connectivity index (χ1v) is 6.80. The number of hydrogen-bond acceptors (Lipinski definition) is 5. The molecular formula is C13H11NO4S. The average molecular weight is 277 g/mol. The summed E-state index contributed by atoms with van der Waals surface area (Å²) in [5, 5.41) is 11.4. The van der Waals surface area contributed by atoms with E-state index in [1.54, 1.807) is 36.4 Å². The number of nitrogens with zero attached hydrogens (tertiary/aromatic N) is 1. The van der Waals surface area contributed by atoms with E-state index in [1.165, 1.54) is 18.2 Å². The maximum atomic E-state index is 12.0. The van der Waals surface area contributed by atoms with Gasteiger partial charge in [-0.05, 0) is 24.3 Å². The van der Waals surface area contributed by atoms with E-state index in [0.717, 1.165) is 6.21 Å². The summed E-state index contributed by atoms with van der Waals surface area (Å²) in [6, 6.07) is 14.2. The molecule has 0 atom stereocenters. The number of para-hydroxylation sites is 1. The minimum Gasteiger partial charge on any atom is -0.411 e. The van der Waals surface area contributed by atoms with Crippen LogP contribution in [0.2, 0.25) is 0 Å². The summed E-state index contributed by atoms with van der Waals surface area (Å²) in [5.41, 5.74) is 0.365. The lowest BCUT2D eigenvalue weighted by Gasteiger charge is -2.08. The molecule has 2 aromatic carbocycles. The first-order valence-electron chi connectivity index (χ1n) is 5.39. The smallest absolute Gasteiger partial charge is 0.339 e. The molecule has 0 amide bonds. The molecule has 0 spiro atoms. The minimum absolute atomic E-state index is 0.0609. The van der Waals surface area contributed by atoms with Crippen molar-refractivity contribution in [1.29, 1.82) is 0 Å². The van der Waals surface area contributed by atoms with Crippen molar-refractivity contribution in [3.63, 3.8) is 0 Å². The second-order valence-corrected chi connectivity index (χ2v) is 5.18. The van der Waals surface area contributed by atoms with Crippen LogP contribution in [0.5, 0.6) is 5.75 Å². The first kappa shape index (κ1) is 13.1. The van der Waals surface area contributed by atoms with Crippen LogP contribution >= 0.6 is 0 Å².